The molecule has 78 valence electrons. The van der Waals surface area contributed by atoms with Gasteiger partial charge in [-0.05, 0) is 28.1 Å². The third-order valence-electron chi connectivity index (χ3n) is 5.99. The second-order valence-corrected chi connectivity index (χ2v) is 6.52. The van der Waals surface area contributed by atoms with E-state index in [0.717, 1.165) is 11.8 Å². The Kier molecular flexibility index (Phi) is 2.15. The first-order valence-corrected chi connectivity index (χ1v) is 5.60. The van der Waals surface area contributed by atoms with Crippen molar-refractivity contribution in [3.63, 3.8) is 0 Å². The van der Waals surface area contributed by atoms with Crippen LogP contribution in [0.25, 0.3) is 0 Å². The van der Waals surface area contributed by atoms with Gasteiger partial charge in [-0.25, -0.2) is 0 Å². The van der Waals surface area contributed by atoms with Crippen molar-refractivity contribution >= 4 is 0 Å². The van der Waals surface area contributed by atoms with E-state index in [-0.39, 0.29) is 0 Å². The molecule has 0 heteroatoms. The first-order valence-electron chi connectivity index (χ1n) is 5.60. The molecule has 0 aromatic carbocycles. The van der Waals surface area contributed by atoms with Crippen LogP contribution in [0.2, 0.25) is 0 Å². The molecule has 0 N–H and O–H groups in total. The van der Waals surface area contributed by atoms with Gasteiger partial charge in [-0.3, -0.25) is 0 Å². The fourth-order valence-electron chi connectivity index (χ4n) is 3.26. The maximum absolute atomic E-state index is 2.47. The van der Waals surface area contributed by atoms with Crippen LogP contribution < -0.4 is 0 Å². The topological polar surface area (TPSA) is 0 Å². The van der Waals surface area contributed by atoms with Crippen molar-refractivity contribution in [3.05, 3.63) is 0 Å². The normalized spacial score (nSPS) is 38.1. The Labute approximate surface area is 84.1 Å². The van der Waals surface area contributed by atoms with Crippen LogP contribution in [0.15, 0.2) is 0 Å². The minimum Gasteiger partial charge on any atom is -0.0622 e. The molecule has 0 spiro atoms. The molecular weight excluding hydrogens is 156 g/mol. The molecule has 1 aliphatic rings. The average Bonchev–Trinajstić information content (AvgIpc) is 2.36. The molecule has 2 unspecified atom stereocenters. The van der Waals surface area contributed by atoms with Crippen LogP contribution in [0, 0.1) is 28.1 Å². The lowest BCUT2D eigenvalue weighted by Crippen LogP contribution is -2.32. The highest BCUT2D eigenvalue weighted by molar-refractivity contribution is 5.18. The summed E-state index contributed by atoms with van der Waals surface area (Å²) in [5, 5.41) is 0. The molecule has 0 aliphatic heterocycles. The standard InChI is InChI=1S/C13H26/c1-9(2)11(4,5)13(8)10(3)12(13,6)7/h9-10H,1-8H3. The molecule has 0 amide bonds. The van der Waals surface area contributed by atoms with Crippen molar-refractivity contribution in [2.45, 2.75) is 55.4 Å². The van der Waals surface area contributed by atoms with Crippen LogP contribution in [0.1, 0.15) is 55.4 Å². The molecule has 13 heavy (non-hydrogen) atoms. The SMILES string of the molecule is CC(C)C(C)(C)C1(C)C(C)C1(C)C. The van der Waals surface area contributed by atoms with Gasteiger partial charge in [-0.1, -0.05) is 55.4 Å². The number of rotatable bonds is 2. The zero-order chi connectivity index (χ0) is 10.7. The van der Waals surface area contributed by atoms with E-state index < -0.39 is 0 Å². The zero-order valence-electron chi connectivity index (χ0n) is 10.7. The van der Waals surface area contributed by atoms with E-state index in [9.17, 15) is 0 Å². The quantitative estimate of drug-likeness (QED) is 0.595. The van der Waals surface area contributed by atoms with E-state index in [1.807, 2.05) is 0 Å². The van der Waals surface area contributed by atoms with E-state index in [1.165, 1.54) is 0 Å². The molecule has 1 fully saturated rings. The zero-order valence-corrected chi connectivity index (χ0v) is 10.7. The van der Waals surface area contributed by atoms with Gasteiger partial charge in [0.2, 0.25) is 0 Å². The molecular formula is C13H26. The van der Waals surface area contributed by atoms with E-state index in [1.54, 1.807) is 0 Å². The average molecular weight is 182 g/mol. The molecule has 0 saturated heterocycles. The lowest BCUT2D eigenvalue weighted by molar-refractivity contribution is 0.0928. The Bertz CT molecular complexity index is 210. The lowest BCUT2D eigenvalue weighted by atomic mass is 9.65. The smallest absolute Gasteiger partial charge is 0.0187 e. The van der Waals surface area contributed by atoms with Crippen LogP contribution in [-0.2, 0) is 0 Å². The van der Waals surface area contributed by atoms with Crippen molar-refractivity contribution in [3.8, 4) is 0 Å². The van der Waals surface area contributed by atoms with Crippen LogP contribution in [0.4, 0.5) is 0 Å². The fourth-order valence-corrected chi connectivity index (χ4v) is 3.26. The summed E-state index contributed by atoms with van der Waals surface area (Å²) in [6.07, 6.45) is 0. The van der Waals surface area contributed by atoms with Crippen LogP contribution in [0.3, 0.4) is 0 Å². The first kappa shape index (κ1) is 11.1. The second kappa shape index (κ2) is 2.52. The van der Waals surface area contributed by atoms with Crippen LogP contribution in [0.5, 0.6) is 0 Å². The molecule has 0 bridgehead atoms. The van der Waals surface area contributed by atoms with Gasteiger partial charge < -0.3 is 0 Å². The predicted molar refractivity (Wildman–Crippen MR) is 59.7 cm³/mol. The Morgan fingerprint density at radius 2 is 1.38 bits per heavy atom. The van der Waals surface area contributed by atoms with Gasteiger partial charge in [-0.2, -0.15) is 0 Å². The Hall–Kier alpha value is 0. The van der Waals surface area contributed by atoms with Gasteiger partial charge in [0.25, 0.3) is 0 Å². The summed E-state index contributed by atoms with van der Waals surface area (Å²) in [5.74, 6) is 1.62. The van der Waals surface area contributed by atoms with Gasteiger partial charge in [0.15, 0.2) is 0 Å². The van der Waals surface area contributed by atoms with Crippen molar-refractivity contribution < 1.29 is 0 Å². The molecule has 0 aromatic rings. The molecule has 1 saturated carbocycles. The van der Waals surface area contributed by atoms with E-state index >= 15 is 0 Å². The third-order valence-corrected chi connectivity index (χ3v) is 5.99. The summed E-state index contributed by atoms with van der Waals surface area (Å²) in [6, 6.07) is 0. The summed E-state index contributed by atoms with van der Waals surface area (Å²) in [7, 11) is 0. The maximum atomic E-state index is 2.47. The van der Waals surface area contributed by atoms with Gasteiger partial charge >= 0.3 is 0 Å². The third kappa shape index (κ3) is 1.04. The van der Waals surface area contributed by atoms with E-state index in [0.29, 0.717) is 16.2 Å². The summed E-state index contributed by atoms with van der Waals surface area (Å²) >= 11 is 0. The summed E-state index contributed by atoms with van der Waals surface area (Å²) in [6.45, 7) is 19.3. The minimum absolute atomic E-state index is 0.454. The fraction of sp³-hybridized carbons (Fsp3) is 1.00. The summed E-state index contributed by atoms with van der Waals surface area (Å²) in [5.41, 5.74) is 1.50. The van der Waals surface area contributed by atoms with Crippen molar-refractivity contribution in [1.82, 2.24) is 0 Å². The molecule has 0 radical (unpaired) electrons. The minimum atomic E-state index is 0.454. The highest BCUT2D eigenvalue weighted by atomic mass is 14.8. The molecule has 2 atom stereocenters. The molecule has 0 aromatic heterocycles. The largest absolute Gasteiger partial charge is 0.0622 e. The molecule has 1 aliphatic carbocycles. The summed E-state index contributed by atoms with van der Waals surface area (Å²) in [4.78, 5) is 0. The first-order chi connectivity index (χ1) is 5.60. The molecule has 1 rings (SSSR count). The maximum Gasteiger partial charge on any atom is -0.0187 e. The Morgan fingerprint density at radius 3 is 1.46 bits per heavy atom. The van der Waals surface area contributed by atoms with Crippen molar-refractivity contribution in [2.24, 2.45) is 28.1 Å². The van der Waals surface area contributed by atoms with E-state index in [4.69, 9.17) is 0 Å². The number of hydrogen-bond donors (Lipinski definition) is 0. The second-order valence-electron chi connectivity index (χ2n) is 6.52. The predicted octanol–water partition coefficient (Wildman–Crippen LogP) is 4.35. The lowest BCUT2D eigenvalue weighted by Gasteiger charge is -2.39. The molecule has 0 nitrogen and oxygen atoms in total. The van der Waals surface area contributed by atoms with Gasteiger partial charge in [0.1, 0.15) is 0 Å². The molecule has 0 heterocycles. The van der Waals surface area contributed by atoms with Gasteiger partial charge in [-0.15, -0.1) is 0 Å². The van der Waals surface area contributed by atoms with Crippen LogP contribution in [-0.4, -0.2) is 0 Å². The summed E-state index contributed by atoms with van der Waals surface area (Å²) < 4.78 is 0. The Balaban J connectivity index is 2.98. The highest BCUT2D eigenvalue weighted by Gasteiger charge is 2.71. The van der Waals surface area contributed by atoms with Crippen molar-refractivity contribution in [1.29, 1.82) is 0 Å². The number of hydrogen-bond acceptors (Lipinski definition) is 0. The van der Waals surface area contributed by atoms with Gasteiger partial charge in [0, 0.05) is 0 Å². The van der Waals surface area contributed by atoms with Gasteiger partial charge in [0.05, 0.1) is 0 Å². The van der Waals surface area contributed by atoms with Crippen molar-refractivity contribution in [2.75, 3.05) is 0 Å². The van der Waals surface area contributed by atoms with E-state index in [2.05, 4.69) is 55.4 Å². The monoisotopic (exact) mass is 182 g/mol. The highest BCUT2D eigenvalue weighted by Crippen LogP contribution is 2.76. The Morgan fingerprint density at radius 1 is 1.08 bits per heavy atom. The van der Waals surface area contributed by atoms with Crippen LogP contribution >= 0.6 is 0 Å².